The first kappa shape index (κ1) is 18.0. The van der Waals surface area contributed by atoms with E-state index in [1.807, 2.05) is 61.5 Å². The van der Waals surface area contributed by atoms with E-state index in [-0.39, 0.29) is 0 Å². The molecule has 134 valence electrons. The molecule has 1 aromatic heterocycles. The number of hydrogen-bond acceptors (Lipinski definition) is 3. The fourth-order valence-corrected chi connectivity index (χ4v) is 3.34. The van der Waals surface area contributed by atoms with Gasteiger partial charge in [0.05, 0.1) is 16.8 Å². The highest BCUT2D eigenvalue weighted by molar-refractivity contribution is 6.17. The number of carboxylic acid groups (broad SMARTS) is 1. The molecule has 3 rings (SSSR count). The predicted octanol–water partition coefficient (Wildman–Crippen LogP) is 4.92. The molecule has 1 heterocycles. The summed E-state index contributed by atoms with van der Waals surface area (Å²) in [5.74, 6) is 0.953. The Hall–Kier alpha value is -2.79. The maximum Gasteiger partial charge on any atom is 0.405 e. The lowest BCUT2D eigenvalue weighted by Gasteiger charge is -2.30. The summed E-state index contributed by atoms with van der Waals surface area (Å²) >= 11 is 5.86. The lowest BCUT2D eigenvalue weighted by atomic mass is 9.82. The van der Waals surface area contributed by atoms with Gasteiger partial charge in [-0.1, -0.05) is 59.8 Å². The van der Waals surface area contributed by atoms with Crippen molar-refractivity contribution in [3.63, 3.8) is 0 Å². The number of rotatable bonds is 5. The van der Waals surface area contributed by atoms with E-state index in [9.17, 15) is 9.90 Å². The molecular weight excluding hydrogens is 352 g/mol. The first-order chi connectivity index (χ1) is 12.5. The monoisotopic (exact) mass is 370 g/mol. The van der Waals surface area contributed by atoms with Crippen molar-refractivity contribution in [2.24, 2.45) is 0 Å². The standard InChI is InChI=1S/C20H19ClN2O3/c1-13-17(18(26-23-13)15-10-8-14(12-21)9-11-15)20(2,22-19(24)25)16-6-4-3-5-7-16/h3-11,22H,12H2,1-2H3,(H,24,25). The highest BCUT2D eigenvalue weighted by atomic mass is 35.5. The Balaban J connectivity index is 2.19. The molecule has 3 aromatic rings. The number of amides is 1. The summed E-state index contributed by atoms with van der Waals surface area (Å²) in [6, 6.07) is 17.0. The number of nitrogens with zero attached hydrogens (tertiary/aromatic N) is 1. The van der Waals surface area contributed by atoms with Crippen LogP contribution in [0.25, 0.3) is 11.3 Å². The number of alkyl halides is 1. The van der Waals surface area contributed by atoms with E-state index >= 15 is 0 Å². The minimum absolute atomic E-state index is 0.421. The third kappa shape index (κ3) is 3.30. The molecule has 0 fully saturated rings. The van der Waals surface area contributed by atoms with Crippen LogP contribution in [0, 0.1) is 6.92 Å². The van der Waals surface area contributed by atoms with Crippen molar-refractivity contribution < 1.29 is 14.4 Å². The summed E-state index contributed by atoms with van der Waals surface area (Å²) < 4.78 is 5.59. The molecule has 6 heteroatoms. The van der Waals surface area contributed by atoms with Crippen LogP contribution in [-0.2, 0) is 11.4 Å². The number of carbonyl (C=O) groups is 1. The molecule has 0 aliphatic rings. The number of aromatic nitrogens is 1. The van der Waals surface area contributed by atoms with Crippen molar-refractivity contribution in [2.45, 2.75) is 25.3 Å². The summed E-state index contributed by atoms with van der Waals surface area (Å²) in [6.45, 7) is 3.62. The Morgan fingerprint density at radius 1 is 1.19 bits per heavy atom. The minimum Gasteiger partial charge on any atom is -0.465 e. The van der Waals surface area contributed by atoms with Gasteiger partial charge in [-0.25, -0.2) is 4.79 Å². The van der Waals surface area contributed by atoms with Crippen LogP contribution < -0.4 is 5.32 Å². The molecule has 0 bridgehead atoms. The first-order valence-corrected chi connectivity index (χ1v) is 8.68. The van der Waals surface area contributed by atoms with E-state index in [4.69, 9.17) is 16.1 Å². The summed E-state index contributed by atoms with van der Waals surface area (Å²) in [7, 11) is 0. The Bertz CT molecular complexity index is 907. The summed E-state index contributed by atoms with van der Waals surface area (Å²) in [4.78, 5) is 11.5. The van der Waals surface area contributed by atoms with Gasteiger partial charge in [-0.05, 0) is 25.0 Å². The molecule has 5 nitrogen and oxygen atoms in total. The van der Waals surface area contributed by atoms with Crippen LogP contribution in [0.5, 0.6) is 0 Å². The van der Waals surface area contributed by atoms with Gasteiger partial charge in [-0.3, -0.25) is 0 Å². The molecule has 0 saturated heterocycles. The average molecular weight is 371 g/mol. The SMILES string of the molecule is Cc1noc(-c2ccc(CCl)cc2)c1C(C)(NC(=O)O)c1ccccc1. The Kier molecular flexibility index (Phi) is 5.00. The van der Waals surface area contributed by atoms with E-state index in [0.29, 0.717) is 22.9 Å². The minimum atomic E-state index is -1.12. The van der Waals surface area contributed by atoms with Crippen LogP contribution in [0.2, 0.25) is 0 Å². The topological polar surface area (TPSA) is 75.4 Å². The second-order valence-electron chi connectivity index (χ2n) is 6.22. The van der Waals surface area contributed by atoms with Gasteiger partial charge in [-0.2, -0.15) is 0 Å². The molecule has 1 amide bonds. The summed E-state index contributed by atoms with van der Waals surface area (Å²) in [5.41, 5.74) is 2.89. The fraction of sp³-hybridized carbons (Fsp3) is 0.200. The summed E-state index contributed by atoms with van der Waals surface area (Å²) in [5, 5.41) is 16.2. The molecule has 2 N–H and O–H groups in total. The Labute approximate surface area is 156 Å². The number of benzene rings is 2. The van der Waals surface area contributed by atoms with Gasteiger partial charge in [0, 0.05) is 11.4 Å². The van der Waals surface area contributed by atoms with E-state index in [2.05, 4.69) is 10.5 Å². The lowest BCUT2D eigenvalue weighted by Crippen LogP contribution is -2.44. The molecule has 0 spiro atoms. The van der Waals surface area contributed by atoms with Crippen molar-refractivity contribution in [1.29, 1.82) is 0 Å². The maximum absolute atomic E-state index is 11.5. The molecule has 0 radical (unpaired) electrons. The van der Waals surface area contributed by atoms with Crippen molar-refractivity contribution in [3.8, 4) is 11.3 Å². The van der Waals surface area contributed by atoms with Crippen molar-refractivity contribution in [2.75, 3.05) is 0 Å². The second-order valence-corrected chi connectivity index (χ2v) is 6.49. The highest BCUT2D eigenvalue weighted by Crippen LogP contribution is 2.38. The van der Waals surface area contributed by atoms with Gasteiger partial charge in [-0.15, -0.1) is 11.6 Å². The van der Waals surface area contributed by atoms with Gasteiger partial charge in [0.1, 0.15) is 0 Å². The maximum atomic E-state index is 11.5. The molecule has 1 atom stereocenters. The third-order valence-corrected chi connectivity index (χ3v) is 4.75. The molecule has 26 heavy (non-hydrogen) atoms. The van der Waals surface area contributed by atoms with Crippen LogP contribution in [0.4, 0.5) is 4.79 Å². The van der Waals surface area contributed by atoms with Crippen LogP contribution in [-0.4, -0.2) is 16.4 Å². The highest BCUT2D eigenvalue weighted by Gasteiger charge is 2.37. The van der Waals surface area contributed by atoms with E-state index in [0.717, 1.165) is 16.7 Å². The van der Waals surface area contributed by atoms with Crippen molar-refractivity contribution >= 4 is 17.7 Å². The average Bonchev–Trinajstić information content (AvgIpc) is 3.04. The number of nitrogens with one attached hydrogen (secondary N) is 1. The van der Waals surface area contributed by atoms with E-state index in [1.165, 1.54) is 0 Å². The van der Waals surface area contributed by atoms with Crippen molar-refractivity contribution in [1.82, 2.24) is 10.5 Å². The third-order valence-electron chi connectivity index (χ3n) is 4.44. The largest absolute Gasteiger partial charge is 0.465 e. The van der Waals surface area contributed by atoms with Gasteiger partial charge in [0.2, 0.25) is 0 Å². The van der Waals surface area contributed by atoms with Crippen LogP contribution in [0.3, 0.4) is 0 Å². The summed E-state index contributed by atoms with van der Waals surface area (Å²) in [6.07, 6.45) is -1.12. The smallest absolute Gasteiger partial charge is 0.405 e. The second kappa shape index (κ2) is 7.22. The lowest BCUT2D eigenvalue weighted by molar-refractivity contribution is 0.184. The normalized spacial score (nSPS) is 13.2. The molecule has 0 aliphatic carbocycles. The number of hydrogen-bond donors (Lipinski definition) is 2. The number of halogens is 1. The quantitative estimate of drug-likeness (QED) is 0.625. The van der Waals surface area contributed by atoms with E-state index in [1.54, 1.807) is 6.92 Å². The van der Waals surface area contributed by atoms with E-state index < -0.39 is 11.6 Å². The Morgan fingerprint density at radius 3 is 2.42 bits per heavy atom. The Morgan fingerprint density at radius 2 is 1.85 bits per heavy atom. The number of aryl methyl sites for hydroxylation is 1. The molecule has 2 aromatic carbocycles. The predicted molar refractivity (Wildman–Crippen MR) is 100 cm³/mol. The van der Waals surface area contributed by atoms with Gasteiger partial charge >= 0.3 is 6.09 Å². The molecular formula is C20H19ClN2O3. The van der Waals surface area contributed by atoms with Gasteiger partial charge in [0.25, 0.3) is 0 Å². The first-order valence-electron chi connectivity index (χ1n) is 8.14. The molecule has 1 unspecified atom stereocenters. The molecule has 0 saturated carbocycles. The fourth-order valence-electron chi connectivity index (χ4n) is 3.17. The van der Waals surface area contributed by atoms with Gasteiger partial charge in [0.15, 0.2) is 5.76 Å². The van der Waals surface area contributed by atoms with Crippen LogP contribution in [0.1, 0.15) is 29.3 Å². The van der Waals surface area contributed by atoms with Gasteiger partial charge < -0.3 is 14.9 Å². The van der Waals surface area contributed by atoms with Crippen LogP contribution >= 0.6 is 11.6 Å². The van der Waals surface area contributed by atoms with Crippen molar-refractivity contribution in [3.05, 3.63) is 77.0 Å². The zero-order chi connectivity index (χ0) is 18.7. The van der Waals surface area contributed by atoms with Crippen LogP contribution in [0.15, 0.2) is 59.1 Å². The molecule has 0 aliphatic heterocycles. The zero-order valence-electron chi connectivity index (χ0n) is 14.5. The zero-order valence-corrected chi connectivity index (χ0v) is 15.2.